The zero-order valence-corrected chi connectivity index (χ0v) is 27.9. The smallest absolute Gasteiger partial charge is 0.253 e. The fraction of sp³-hybridized carbons (Fsp3) is 0.500. The minimum absolute atomic E-state index is 0.0923. The van der Waals surface area contributed by atoms with Gasteiger partial charge in [0.15, 0.2) is 0 Å². The van der Waals surface area contributed by atoms with Gasteiger partial charge >= 0.3 is 0 Å². The van der Waals surface area contributed by atoms with Crippen molar-refractivity contribution in [1.82, 2.24) is 9.80 Å². The average molecular weight is 628 g/mol. The number of fused-ring (bicyclic) bond motifs is 1. The van der Waals surface area contributed by atoms with Gasteiger partial charge in [0.2, 0.25) is 11.8 Å². The number of nitrogens with zero attached hydrogens (tertiary/aromatic N) is 3. The summed E-state index contributed by atoms with van der Waals surface area (Å²) in [6, 6.07) is 14.1. The molecular weight excluding hydrogens is 578 g/mol. The van der Waals surface area contributed by atoms with Crippen LogP contribution in [0.5, 0.6) is 0 Å². The average Bonchev–Trinajstić information content (AvgIpc) is 3.61. The van der Waals surface area contributed by atoms with E-state index in [1.165, 1.54) is 0 Å². The van der Waals surface area contributed by atoms with Gasteiger partial charge in [-0.05, 0) is 62.3 Å². The maximum Gasteiger partial charge on any atom is 0.253 e. The quantitative estimate of drug-likeness (QED) is 0.308. The van der Waals surface area contributed by atoms with Crippen LogP contribution in [0.1, 0.15) is 56.7 Å². The van der Waals surface area contributed by atoms with Crippen LogP contribution < -0.4 is 4.90 Å². The van der Waals surface area contributed by atoms with E-state index in [1.807, 2.05) is 83.1 Å². The topological polar surface area (TPSA) is 90.4 Å². The molecule has 0 aliphatic carbocycles. The van der Waals surface area contributed by atoms with E-state index in [4.69, 9.17) is 4.74 Å². The second-order valence-electron chi connectivity index (χ2n) is 13.6. The van der Waals surface area contributed by atoms with Gasteiger partial charge in [0.1, 0.15) is 11.6 Å². The third-order valence-corrected chi connectivity index (χ3v) is 10.7. The molecule has 3 saturated heterocycles. The number of aliphatic hydroxyl groups excluding tert-OH is 1. The van der Waals surface area contributed by atoms with Crippen molar-refractivity contribution in [2.45, 2.75) is 83.7 Å². The number of aliphatic hydroxyl groups is 1. The zero-order valence-electron chi connectivity index (χ0n) is 27.9. The van der Waals surface area contributed by atoms with Crippen molar-refractivity contribution >= 4 is 23.4 Å². The van der Waals surface area contributed by atoms with Crippen LogP contribution in [-0.4, -0.2) is 75.6 Å². The summed E-state index contributed by atoms with van der Waals surface area (Å²) < 4.78 is 6.95. The van der Waals surface area contributed by atoms with E-state index >= 15 is 4.79 Å². The van der Waals surface area contributed by atoms with E-state index in [0.717, 1.165) is 22.4 Å². The molecule has 2 aromatic carbocycles. The molecule has 0 aromatic heterocycles. The number of aryl methyl sites for hydroxylation is 2. The minimum atomic E-state index is -1.21. The highest BCUT2D eigenvalue weighted by Gasteiger charge is 2.79. The van der Waals surface area contributed by atoms with Crippen LogP contribution in [0.2, 0.25) is 0 Å². The first-order valence-electron chi connectivity index (χ1n) is 16.5. The second-order valence-corrected chi connectivity index (χ2v) is 13.6. The number of hydrogen-bond acceptors (Lipinski definition) is 5. The standard InChI is InChI=1S/C38H49N3O5/c1-8-20-39(23-28-14-12-11-13-15-28)34(43)31-32-35(44)41(30(24-42)26(5)10-3)33(38(32)19-18-37(31,7)46-38)36(45)40(21-9-2)29-22-25(4)16-17-27(29)6/h8-9,11-17,22,26,30-33,42H,1-2,10,18-21,23-24H2,3-7H3/t26-,30-,31-,32-,33?,37+,38?/m0/s1. The van der Waals surface area contributed by atoms with Crippen LogP contribution in [0.4, 0.5) is 5.69 Å². The Balaban J connectivity index is 1.63. The van der Waals surface area contributed by atoms with Crippen molar-refractivity contribution in [2.75, 3.05) is 24.6 Å². The zero-order chi connectivity index (χ0) is 33.4. The molecule has 2 unspecified atom stereocenters. The van der Waals surface area contributed by atoms with Gasteiger partial charge in [0.05, 0.1) is 30.1 Å². The highest BCUT2D eigenvalue weighted by Crippen LogP contribution is 2.64. The van der Waals surface area contributed by atoms with Crippen molar-refractivity contribution in [3.05, 3.63) is 90.5 Å². The van der Waals surface area contributed by atoms with Gasteiger partial charge in [-0.1, -0.05) is 74.9 Å². The summed E-state index contributed by atoms with van der Waals surface area (Å²) in [6.45, 7) is 18.3. The highest BCUT2D eigenvalue weighted by molar-refractivity contribution is 6.05. The molecule has 8 heteroatoms. The van der Waals surface area contributed by atoms with E-state index in [-0.39, 0.29) is 36.8 Å². The Hall–Kier alpha value is -3.75. The molecule has 7 atom stereocenters. The number of ether oxygens (including phenoxy) is 1. The number of rotatable bonds is 13. The lowest BCUT2D eigenvalue weighted by molar-refractivity contribution is -0.153. The molecular formula is C38H49N3O5. The number of hydrogen-bond donors (Lipinski definition) is 1. The van der Waals surface area contributed by atoms with Crippen LogP contribution in [0, 0.1) is 31.6 Å². The van der Waals surface area contributed by atoms with Crippen molar-refractivity contribution in [1.29, 1.82) is 0 Å². The summed E-state index contributed by atoms with van der Waals surface area (Å²) in [5.41, 5.74) is 1.50. The molecule has 3 aliphatic heterocycles. The molecule has 8 nitrogen and oxygen atoms in total. The number of likely N-dealkylation sites (tertiary alicyclic amines) is 1. The minimum Gasteiger partial charge on any atom is -0.394 e. The molecule has 3 fully saturated rings. The fourth-order valence-electron chi connectivity index (χ4n) is 8.17. The number of carbonyl (C=O) groups excluding carboxylic acids is 3. The van der Waals surface area contributed by atoms with Crippen LogP contribution in [-0.2, 0) is 25.7 Å². The molecule has 46 heavy (non-hydrogen) atoms. The Labute approximate surface area is 273 Å². The predicted octanol–water partition coefficient (Wildman–Crippen LogP) is 5.21. The lowest BCUT2D eigenvalue weighted by Gasteiger charge is -2.41. The summed E-state index contributed by atoms with van der Waals surface area (Å²) in [6.07, 6.45) is 5.09. The van der Waals surface area contributed by atoms with Crippen LogP contribution in [0.3, 0.4) is 0 Å². The van der Waals surface area contributed by atoms with Gasteiger partial charge in [0.25, 0.3) is 5.91 Å². The van der Waals surface area contributed by atoms with Crippen molar-refractivity contribution in [3.63, 3.8) is 0 Å². The Bertz CT molecular complexity index is 1490. The molecule has 1 N–H and O–H groups in total. The Morgan fingerprint density at radius 2 is 1.78 bits per heavy atom. The van der Waals surface area contributed by atoms with Crippen molar-refractivity contribution < 1.29 is 24.2 Å². The number of anilines is 1. The van der Waals surface area contributed by atoms with Gasteiger partial charge in [-0.25, -0.2) is 0 Å². The first kappa shape index (κ1) is 33.6. The number of carbonyl (C=O) groups is 3. The summed E-state index contributed by atoms with van der Waals surface area (Å²) in [5, 5.41) is 10.8. The molecule has 0 radical (unpaired) electrons. The van der Waals surface area contributed by atoms with Gasteiger partial charge in [0, 0.05) is 25.3 Å². The molecule has 5 rings (SSSR count). The van der Waals surface area contributed by atoms with E-state index < -0.39 is 35.1 Å². The summed E-state index contributed by atoms with van der Waals surface area (Å²) in [7, 11) is 0. The predicted molar refractivity (Wildman–Crippen MR) is 180 cm³/mol. The maximum atomic E-state index is 15.1. The Morgan fingerprint density at radius 3 is 2.41 bits per heavy atom. The molecule has 246 valence electrons. The maximum absolute atomic E-state index is 15.1. The van der Waals surface area contributed by atoms with Gasteiger partial charge in [-0.2, -0.15) is 0 Å². The van der Waals surface area contributed by atoms with Gasteiger partial charge < -0.3 is 24.5 Å². The summed E-state index contributed by atoms with van der Waals surface area (Å²) in [5.74, 6) is -2.50. The van der Waals surface area contributed by atoms with E-state index in [9.17, 15) is 14.7 Å². The lowest BCUT2D eigenvalue weighted by Crippen LogP contribution is -2.60. The molecule has 1 spiro atoms. The third kappa shape index (κ3) is 5.49. The Morgan fingerprint density at radius 1 is 1.09 bits per heavy atom. The highest BCUT2D eigenvalue weighted by atomic mass is 16.5. The monoisotopic (exact) mass is 627 g/mol. The normalized spacial score (nSPS) is 27.7. The molecule has 3 aliphatic rings. The van der Waals surface area contributed by atoms with E-state index in [2.05, 4.69) is 13.2 Å². The van der Waals surface area contributed by atoms with Crippen molar-refractivity contribution in [2.24, 2.45) is 17.8 Å². The number of amides is 3. The van der Waals surface area contributed by atoms with Crippen LogP contribution >= 0.6 is 0 Å². The summed E-state index contributed by atoms with van der Waals surface area (Å²) >= 11 is 0. The van der Waals surface area contributed by atoms with Crippen LogP contribution in [0.25, 0.3) is 0 Å². The van der Waals surface area contributed by atoms with Crippen LogP contribution in [0.15, 0.2) is 73.8 Å². The molecule has 0 saturated carbocycles. The van der Waals surface area contributed by atoms with Crippen molar-refractivity contribution in [3.8, 4) is 0 Å². The molecule has 2 bridgehead atoms. The van der Waals surface area contributed by atoms with E-state index in [0.29, 0.717) is 32.4 Å². The Kier molecular flexibility index (Phi) is 9.62. The summed E-state index contributed by atoms with van der Waals surface area (Å²) in [4.78, 5) is 49.6. The largest absolute Gasteiger partial charge is 0.394 e. The molecule has 3 amide bonds. The molecule has 2 aromatic rings. The second kappa shape index (κ2) is 13.2. The van der Waals surface area contributed by atoms with E-state index in [1.54, 1.807) is 26.9 Å². The number of benzene rings is 2. The fourth-order valence-corrected chi connectivity index (χ4v) is 8.17. The third-order valence-electron chi connectivity index (χ3n) is 10.7. The molecule has 3 heterocycles. The lowest BCUT2D eigenvalue weighted by atomic mass is 9.66. The van der Waals surface area contributed by atoms with Gasteiger partial charge in [-0.3, -0.25) is 14.4 Å². The first-order valence-corrected chi connectivity index (χ1v) is 16.5. The van der Waals surface area contributed by atoms with Gasteiger partial charge in [-0.15, -0.1) is 13.2 Å². The SMILES string of the molecule is C=CCN(Cc1ccccc1)C(=O)[C@@H]1[C@H]2C(=O)N([C@@H](CO)[C@@H](C)CC)C(C(=O)N(CC=C)c3cc(C)ccc3C)C23CC[C@@]1(C)O3. The first-order chi connectivity index (χ1) is 22.0.